The average molecular weight is 436 g/mol. The number of thioether (sulfide) groups is 1. The second-order valence-corrected chi connectivity index (χ2v) is 7.47. The van der Waals surface area contributed by atoms with Crippen molar-refractivity contribution in [3.63, 3.8) is 0 Å². The maximum atomic E-state index is 12.5. The Hall–Kier alpha value is -3.59. The van der Waals surface area contributed by atoms with Crippen LogP contribution in [0.25, 0.3) is 5.69 Å². The number of nitrogens with zero attached hydrogens (tertiary/aromatic N) is 4. The lowest BCUT2D eigenvalue weighted by Crippen LogP contribution is -2.22. The molecule has 9 heteroatoms. The molecule has 2 aromatic heterocycles. The number of para-hydroxylation sites is 2. The van der Waals surface area contributed by atoms with Gasteiger partial charge in [0.2, 0.25) is 5.16 Å². The van der Waals surface area contributed by atoms with Gasteiger partial charge in [0, 0.05) is 11.3 Å². The second kappa shape index (κ2) is 9.94. The molecule has 0 aliphatic heterocycles. The van der Waals surface area contributed by atoms with Crippen molar-refractivity contribution < 1.29 is 13.9 Å². The average Bonchev–Trinajstić information content (AvgIpc) is 3.49. The highest BCUT2D eigenvalue weighted by molar-refractivity contribution is 7.98. The standard InChI is InChI=1S/C22H21N5O3S/c1-2-29-20-11-4-3-10-19(20)27-22(24-25-26-27)31-15-16-7-5-8-17(13-16)21(28)23-14-18-9-6-12-30-18/h3-13H,2,14-15H2,1H3,(H,23,28). The Balaban J connectivity index is 1.43. The van der Waals surface area contributed by atoms with Gasteiger partial charge >= 0.3 is 0 Å². The molecule has 1 amide bonds. The van der Waals surface area contributed by atoms with Gasteiger partial charge in [0.1, 0.15) is 17.2 Å². The number of carbonyl (C=O) groups is 1. The molecule has 0 unspecified atom stereocenters. The number of furan rings is 1. The van der Waals surface area contributed by atoms with Gasteiger partial charge in [0.25, 0.3) is 5.91 Å². The van der Waals surface area contributed by atoms with Gasteiger partial charge in [-0.25, -0.2) is 0 Å². The summed E-state index contributed by atoms with van der Waals surface area (Å²) in [6.45, 7) is 2.83. The van der Waals surface area contributed by atoms with E-state index < -0.39 is 0 Å². The Morgan fingerprint density at radius 2 is 2.06 bits per heavy atom. The fourth-order valence-electron chi connectivity index (χ4n) is 2.96. The number of nitrogens with one attached hydrogen (secondary N) is 1. The molecule has 0 aliphatic carbocycles. The lowest BCUT2D eigenvalue weighted by molar-refractivity contribution is 0.0948. The van der Waals surface area contributed by atoms with Gasteiger partial charge in [-0.05, 0) is 59.3 Å². The summed E-state index contributed by atoms with van der Waals surface area (Å²) in [5, 5.41) is 15.6. The minimum atomic E-state index is -0.154. The largest absolute Gasteiger partial charge is 0.492 e. The number of carbonyl (C=O) groups excluding carboxylic acids is 1. The summed E-state index contributed by atoms with van der Waals surface area (Å²) >= 11 is 1.48. The van der Waals surface area contributed by atoms with Crippen LogP contribution >= 0.6 is 11.8 Å². The van der Waals surface area contributed by atoms with E-state index in [2.05, 4.69) is 20.8 Å². The smallest absolute Gasteiger partial charge is 0.251 e. The van der Waals surface area contributed by atoms with Gasteiger partial charge in [-0.1, -0.05) is 36.0 Å². The van der Waals surface area contributed by atoms with E-state index in [9.17, 15) is 4.79 Å². The molecule has 158 valence electrons. The van der Waals surface area contributed by atoms with E-state index in [1.54, 1.807) is 23.1 Å². The van der Waals surface area contributed by atoms with Crippen molar-refractivity contribution in [2.75, 3.05) is 6.61 Å². The molecule has 0 saturated carbocycles. The Labute approximate surface area is 183 Å². The SMILES string of the molecule is CCOc1ccccc1-n1nnnc1SCc1cccc(C(=O)NCc2ccco2)c1. The van der Waals surface area contributed by atoms with Crippen LogP contribution < -0.4 is 10.1 Å². The third-order valence-electron chi connectivity index (χ3n) is 4.39. The molecule has 0 atom stereocenters. The lowest BCUT2D eigenvalue weighted by atomic mass is 10.1. The molecule has 31 heavy (non-hydrogen) atoms. The number of hydrogen-bond donors (Lipinski definition) is 1. The zero-order valence-corrected chi connectivity index (χ0v) is 17.7. The molecular formula is C22H21N5O3S. The molecule has 4 rings (SSSR count). The molecule has 0 fully saturated rings. The summed E-state index contributed by atoms with van der Waals surface area (Å²) in [4.78, 5) is 12.5. The summed E-state index contributed by atoms with van der Waals surface area (Å²) in [6.07, 6.45) is 1.58. The fourth-order valence-corrected chi connectivity index (χ4v) is 3.79. The van der Waals surface area contributed by atoms with Crippen molar-refractivity contribution in [1.82, 2.24) is 25.5 Å². The number of tetrazole rings is 1. The highest BCUT2D eigenvalue weighted by Crippen LogP contribution is 2.27. The number of amides is 1. The van der Waals surface area contributed by atoms with Crippen LogP contribution in [0.3, 0.4) is 0 Å². The first-order chi connectivity index (χ1) is 15.2. The molecule has 0 bridgehead atoms. The second-order valence-electron chi connectivity index (χ2n) is 6.53. The number of hydrogen-bond acceptors (Lipinski definition) is 7. The number of benzene rings is 2. The Kier molecular flexibility index (Phi) is 6.63. The van der Waals surface area contributed by atoms with Crippen molar-refractivity contribution in [3.05, 3.63) is 83.8 Å². The highest BCUT2D eigenvalue weighted by atomic mass is 32.2. The van der Waals surface area contributed by atoms with E-state index in [1.165, 1.54) is 11.8 Å². The third kappa shape index (κ3) is 5.13. The minimum absolute atomic E-state index is 0.154. The zero-order chi connectivity index (χ0) is 21.5. The van der Waals surface area contributed by atoms with E-state index >= 15 is 0 Å². The summed E-state index contributed by atoms with van der Waals surface area (Å²) < 4.78 is 12.6. The molecule has 8 nitrogen and oxygen atoms in total. The first kappa shape index (κ1) is 20.7. The predicted octanol–water partition coefficient (Wildman–Crippen LogP) is 3.88. The zero-order valence-electron chi connectivity index (χ0n) is 16.9. The van der Waals surface area contributed by atoms with E-state index in [1.807, 2.05) is 55.5 Å². The van der Waals surface area contributed by atoms with E-state index in [0.29, 0.717) is 35.4 Å². The molecule has 1 N–H and O–H groups in total. The number of ether oxygens (including phenoxy) is 1. The van der Waals surface area contributed by atoms with Crippen LogP contribution in [-0.2, 0) is 12.3 Å². The quantitative estimate of drug-likeness (QED) is 0.399. The monoisotopic (exact) mass is 435 g/mol. The van der Waals surface area contributed by atoms with Crippen molar-refractivity contribution in [2.24, 2.45) is 0 Å². The molecule has 0 spiro atoms. The van der Waals surface area contributed by atoms with Gasteiger partial charge < -0.3 is 14.5 Å². The highest BCUT2D eigenvalue weighted by Gasteiger charge is 2.14. The van der Waals surface area contributed by atoms with Crippen LogP contribution in [0.15, 0.2) is 76.5 Å². The molecule has 0 saturated heterocycles. The van der Waals surface area contributed by atoms with Crippen molar-refractivity contribution in [3.8, 4) is 11.4 Å². The summed E-state index contributed by atoms with van der Waals surface area (Å²) in [5.41, 5.74) is 2.36. The van der Waals surface area contributed by atoms with Crippen molar-refractivity contribution in [1.29, 1.82) is 0 Å². The summed E-state index contributed by atoms with van der Waals surface area (Å²) in [7, 11) is 0. The summed E-state index contributed by atoms with van der Waals surface area (Å²) in [5.74, 6) is 1.88. The Morgan fingerprint density at radius 3 is 2.90 bits per heavy atom. The Bertz CT molecular complexity index is 1140. The van der Waals surface area contributed by atoms with Gasteiger partial charge in [0.05, 0.1) is 19.4 Å². The Morgan fingerprint density at radius 1 is 1.16 bits per heavy atom. The van der Waals surface area contributed by atoms with Crippen LogP contribution in [-0.4, -0.2) is 32.7 Å². The van der Waals surface area contributed by atoms with Crippen LogP contribution in [0.2, 0.25) is 0 Å². The van der Waals surface area contributed by atoms with Crippen molar-refractivity contribution in [2.45, 2.75) is 24.4 Å². The van der Waals surface area contributed by atoms with Gasteiger partial charge in [-0.2, -0.15) is 4.68 Å². The van der Waals surface area contributed by atoms with Gasteiger partial charge in [-0.3, -0.25) is 4.79 Å². The molecule has 4 aromatic rings. The predicted molar refractivity (Wildman–Crippen MR) is 116 cm³/mol. The van der Waals surface area contributed by atoms with Crippen LogP contribution in [0.5, 0.6) is 5.75 Å². The van der Waals surface area contributed by atoms with Crippen molar-refractivity contribution >= 4 is 17.7 Å². The van der Waals surface area contributed by atoms with Gasteiger partial charge in [-0.15, -0.1) is 5.10 Å². The van der Waals surface area contributed by atoms with Gasteiger partial charge in [0.15, 0.2) is 0 Å². The number of rotatable bonds is 9. The molecule has 2 aromatic carbocycles. The maximum absolute atomic E-state index is 12.5. The van der Waals surface area contributed by atoms with Crippen LogP contribution in [0.4, 0.5) is 0 Å². The lowest BCUT2D eigenvalue weighted by Gasteiger charge is -2.10. The first-order valence-electron chi connectivity index (χ1n) is 9.77. The van der Waals surface area contributed by atoms with Crippen LogP contribution in [0.1, 0.15) is 28.6 Å². The molecular weight excluding hydrogens is 414 g/mol. The third-order valence-corrected chi connectivity index (χ3v) is 5.39. The fraction of sp³-hybridized carbons (Fsp3) is 0.182. The summed E-state index contributed by atoms with van der Waals surface area (Å²) in [6, 6.07) is 18.7. The van der Waals surface area contributed by atoms with E-state index in [-0.39, 0.29) is 5.91 Å². The molecule has 0 aliphatic rings. The maximum Gasteiger partial charge on any atom is 0.251 e. The molecule has 0 radical (unpaired) electrons. The van der Waals surface area contributed by atoms with Crippen LogP contribution in [0, 0.1) is 0 Å². The topological polar surface area (TPSA) is 95.1 Å². The normalized spacial score (nSPS) is 10.7. The molecule has 2 heterocycles. The van der Waals surface area contributed by atoms with E-state index in [4.69, 9.17) is 9.15 Å². The minimum Gasteiger partial charge on any atom is -0.492 e. The number of aromatic nitrogens is 4. The first-order valence-corrected chi connectivity index (χ1v) is 10.8. The van der Waals surface area contributed by atoms with E-state index in [0.717, 1.165) is 17.0 Å².